The van der Waals surface area contributed by atoms with Gasteiger partial charge in [0.1, 0.15) is 0 Å². The smallest absolute Gasteiger partial charge is 0.234 e. The van der Waals surface area contributed by atoms with E-state index >= 15 is 0 Å². The lowest BCUT2D eigenvalue weighted by Gasteiger charge is -2.03. The van der Waals surface area contributed by atoms with Crippen LogP contribution in [0.4, 0.5) is 10.8 Å². The second-order valence-electron chi connectivity index (χ2n) is 4.44. The average molecular weight is 311 g/mol. The molecule has 3 N–H and O–H groups in total. The van der Waals surface area contributed by atoms with Crippen LogP contribution in [0.3, 0.4) is 0 Å². The van der Waals surface area contributed by atoms with Crippen molar-refractivity contribution in [3.05, 3.63) is 29.6 Å². The molecule has 5 nitrogen and oxygen atoms in total. The first kappa shape index (κ1) is 14.8. The summed E-state index contributed by atoms with van der Waals surface area (Å²) < 4.78 is 26.1. The van der Waals surface area contributed by atoms with E-state index in [1.807, 2.05) is 30.5 Å². The largest absolute Gasteiger partial charge is 0.399 e. The van der Waals surface area contributed by atoms with E-state index in [1.54, 1.807) is 6.07 Å². The number of benzene rings is 1. The number of hydrogen-bond donors (Lipinski definition) is 2. The lowest BCUT2D eigenvalue weighted by Crippen LogP contribution is -2.16. The van der Waals surface area contributed by atoms with E-state index in [0.29, 0.717) is 17.2 Å². The Morgan fingerprint density at radius 3 is 2.90 bits per heavy atom. The molecule has 0 radical (unpaired) electrons. The van der Waals surface area contributed by atoms with Gasteiger partial charge in [0.2, 0.25) is 10.0 Å². The average Bonchev–Trinajstić information content (AvgIpc) is 2.84. The number of nitrogens with zero attached hydrogens (tertiary/aromatic N) is 1. The van der Waals surface area contributed by atoms with Crippen LogP contribution in [0.15, 0.2) is 29.6 Å². The molecule has 0 aliphatic carbocycles. The summed E-state index contributed by atoms with van der Waals surface area (Å²) in [6.45, 7) is 1.96. The fourth-order valence-electron chi connectivity index (χ4n) is 1.67. The summed E-state index contributed by atoms with van der Waals surface area (Å²) in [6.07, 6.45) is 1.48. The van der Waals surface area contributed by atoms with Gasteiger partial charge in [0.15, 0.2) is 5.13 Å². The first-order valence-electron chi connectivity index (χ1n) is 6.32. The summed E-state index contributed by atoms with van der Waals surface area (Å²) in [6, 6.07) is 7.34. The molecule has 0 saturated heterocycles. The molecule has 0 fully saturated rings. The maximum Gasteiger partial charge on any atom is 0.234 e. The molecule has 0 aliphatic rings. The van der Waals surface area contributed by atoms with Crippen LogP contribution in [0.25, 0.3) is 11.3 Å². The molecule has 1 aromatic carbocycles. The number of nitrogens with one attached hydrogen (secondary N) is 1. The van der Waals surface area contributed by atoms with Gasteiger partial charge in [0, 0.05) is 16.6 Å². The number of aromatic nitrogens is 1. The molecule has 108 valence electrons. The molecule has 0 atom stereocenters. The first-order chi connectivity index (χ1) is 9.50. The Morgan fingerprint density at radius 1 is 1.40 bits per heavy atom. The van der Waals surface area contributed by atoms with Crippen LogP contribution in [-0.2, 0) is 10.0 Å². The Bertz CT molecular complexity index is 680. The van der Waals surface area contributed by atoms with Crippen LogP contribution in [0.5, 0.6) is 0 Å². The predicted octanol–water partition coefficient (Wildman–Crippen LogP) is 2.93. The quantitative estimate of drug-likeness (QED) is 0.803. The van der Waals surface area contributed by atoms with Crippen molar-refractivity contribution < 1.29 is 8.42 Å². The standard InChI is InChI=1S/C13H17N3O2S2/c1-2-3-7-20(17,18)16-13-15-12(9-19-13)10-5-4-6-11(14)8-10/h4-6,8-9H,2-3,7,14H2,1H3,(H,15,16). The third kappa shape index (κ3) is 3.94. The van der Waals surface area contributed by atoms with Crippen LogP contribution in [0, 0.1) is 0 Å². The molecule has 7 heteroatoms. The van der Waals surface area contributed by atoms with Crippen LogP contribution in [0.1, 0.15) is 19.8 Å². The van der Waals surface area contributed by atoms with Crippen molar-refractivity contribution in [1.29, 1.82) is 0 Å². The molecule has 1 heterocycles. The van der Waals surface area contributed by atoms with E-state index in [9.17, 15) is 8.42 Å². The van der Waals surface area contributed by atoms with E-state index in [0.717, 1.165) is 17.7 Å². The molecular weight excluding hydrogens is 294 g/mol. The number of nitrogens with two attached hydrogens (primary N) is 1. The van der Waals surface area contributed by atoms with E-state index in [-0.39, 0.29) is 5.75 Å². The minimum atomic E-state index is -3.30. The SMILES string of the molecule is CCCCS(=O)(=O)Nc1nc(-c2cccc(N)c2)cs1. The van der Waals surface area contributed by atoms with Crippen molar-refractivity contribution in [3.63, 3.8) is 0 Å². The molecule has 0 spiro atoms. The molecule has 0 aliphatic heterocycles. The highest BCUT2D eigenvalue weighted by atomic mass is 32.2. The number of rotatable bonds is 6. The van der Waals surface area contributed by atoms with E-state index in [2.05, 4.69) is 9.71 Å². The first-order valence-corrected chi connectivity index (χ1v) is 8.85. The summed E-state index contributed by atoms with van der Waals surface area (Å²) in [4.78, 5) is 4.29. The molecule has 2 aromatic rings. The number of sulfonamides is 1. The molecule has 0 bridgehead atoms. The maximum absolute atomic E-state index is 11.8. The number of anilines is 2. The Labute approximate surface area is 122 Å². The molecule has 0 unspecified atom stereocenters. The number of unbranched alkanes of at least 4 members (excludes halogenated alkanes) is 1. The zero-order chi connectivity index (χ0) is 14.6. The van der Waals surface area contributed by atoms with Gasteiger partial charge in [0.05, 0.1) is 11.4 Å². The third-order valence-corrected chi connectivity index (χ3v) is 4.91. The van der Waals surface area contributed by atoms with Crippen molar-refractivity contribution in [2.45, 2.75) is 19.8 Å². The minimum Gasteiger partial charge on any atom is -0.399 e. The molecule has 0 saturated carbocycles. The highest BCUT2D eigenvalue weighted by Crippen LogP contribution is 2.26. The Kier molecular flexibility index (Phi) is 4.61. The monoisotopic (exact) mass is 311 g/mol. The van der Waals surface area contributed by atoms with Gasteiger partial charge in [-0.25, -0.2) is 13.4 Å². The van der Waals surface area contributed by atoms with Gasteiger partial charge in [-0.05, 0) is 18.6 Å². The van der Waals surface area contributed by atoms with Gasteiger partial charge < -0.3 is 5.73 Å². The summed E-state index contributed by atoms with van der Waals surface area (Å²) in [7, 11) is -3.30. The van der Waals surface area contributed by atoms with Crippen LogP contribution in [0.2, 0.25) is 0 Å². The van der Waals surface area contributed by atoms with Crippen molar-refractivity contribution in [1.82, 2.24) is 4.98 Å². The highest BCUT2D eigenvalue weighted by Gasteiger charge is 2.12. The normalized spacial score (nSPS) is 11.4. The number of thiazole rings is 1. The van der Waals surface area contributed by atoms with Gasteiger partial charge in [-0.3, -0.25) is 4.72 Å². The number of hydrogen-bond acceptors (Lipinski definition) is 5. The second kappa shape index (κ2) is 6.23. The maximum atomic E-state index is 11.8. The fraction of sp³-hybridized carbons (Fsp3) is 0.308. The van der Waals surface area contributed by atoms with Gasteiger partial charge in [-0.15, -0.1) is 11.3 Å². The second-order valence-corrected chi connectivity index (χ2v) is 7.14. The third-order valence-electron chi connectivity index (χ3n) is 2.70. The Balaban J connectivity index is 2.13. The Hall–Kier alpha value is -1.60. The lowest BCUT2D eigenvalue weighted by atomic mass is 10.1. The van der Waals surface area contributed by atoms with Gasteiger partial charge in [0.25, 0.3) is 0 Å². The van der Waals surface area contributed by atoms with Crippen molar-refractivity contribution >= 4 is 32.2 Å². The molecule has 2 rings (SSSR count). The summed E-state index contributed by atoms with van der Waals surface area (Å²) >= 11 is 1.27. The van der Waals surface area contributed by atoms with Gasteiger partial charge in [-0.2, -0.15) is 0 Å². The van der Waals surface area contributed by atoms with Crippen LogP contribution in [-0.4, -0.2) is 19.2 Å². The molecule has 0 amide bonds. The van der Waals surface area contributed by atoms with Crippen LogP contribution < -0.4 is 10.5 Å². The zero-order valence-corrected chi connectivity index (χ0v) is 12.8. The molecule has 1 aromatic heterocycles. The number of nitrogen functional groups attached to an aromatic ring is 1. The van der Waals surface area contributed by atoms with Gasteiger partial charge in [-0.1, -0.05) is 25.5 Å². The topological polar surface area (TPSA) is 85.1 Å². The molecule has 20 heavy (non-hydrogen) atoms. The summed E-state index contributed by atoms with van der Waals surface area (Å²) in [5.74, 6) is 0.122. The summed E-state index contributed by atoms with van der Waals surface area (Å²) in [5.41, 5.74) is 7.97. The lowest BCUT2D eigenvalue weighted by molar-refractivity contribution is 0.598. The zero-order valence-electron chi connectivity index (χ0n) is 11.2. The van der Waals surface area contributed by atoms with E-state index in [4.69, 9.17) is 5.73 Å². The Morgan fingerprint density at radius 2 is 2.20 bits per heavy atom. The van der Waals surface area contributed by atoms with E-state index in [1.165, 1.54) is 11.3 Å². The summed E-state index contributed by atoms with van der Waals surface area (Å²) in [5, 5.41) is 2.20. The fourth-order valence-corrected chi connectivity index (χ4v) is 3.89. The van der Waals surface area contributed by atoms with Crippen LogP contribution >= 0.6 is 11.3 Å². The van der Waals surface area contributed by atoms with Crippen molar-refractivity contribution in [2.75, 3.05) is 16.2 Å². The predicted molar refractivity (Wildman–Crippen MR) is 84.3 cm³/mol. The van der Waals surface area contributed by atoms with Crippen molar-refractivity contribution in [2.24, 2.45) is 0 Å². The minimum absolute atomic E-state index is 0.122. The molecular formula is C13H17N3O2S2. The highest BCUT2D eigenvalue weighted by molar-refractivity contribution is 7.92. The van der Waals surface area contributed by atoms with E-state index < -0.39 is 10.0 Å². The van der Waals surface area contributed by atoms with Crippen molar-refractivity contribution in [3.8, 4) is 11.3 Å². The van der Waals surface area contributed by atoms with Gasteiger partial charge >= 0.3 is 0 Å².